The fourth-order valence-electron chi connectivity index (χ4n) is 2.77. The van der Waals surface area contributed by atoms with Gasteiger partial charge in [0.25, 0.3) is 5.56 Å². The van der Waals surface area contributed by atoms with Crippen LogP contribution in [-0.2, 0) is 6.54 Å². The van der Waals surface area contributed by atoms with Crippen LogP contribution in [0.4, 0.5) is 5.95 Å². The number of ether oxygens (including phenoxy) is 2. The van der Waals surface area contributed by atoms with Crippen LogP contribution in [0.2, 0.25) is 5.02 Å². The lowest BCUT2D eigenvalue weighted by Gasteiger charge is -2.10. The first kappa shape index (κ1) is 16.4. The summed E-state index contributed by atoms with van der Waals surface area (Å²) in [6, 6.07) is 10.7. The molecule has 0 saturated carbocycles. The summed E-state index contributed by atoms with van der Waals surface area (Å²) in [7, 11) is 0. The molecule has 0 saturated heterocycles. The van der Waals surface area contributed by atoms with Crippen molar-refractivity contribution in [3.05, 3.63) is 57.3 Å². The molecular formula is C18H15ClN4O3. The number of rotatable bonds is 4. The summed E-state index contributed by atoms with van der Waals surface area (Å²) in [5, 5.41) is 5.21. The first-order chi connectivity index (χ1) is 12.7. The fraction of sp³-hybridized carbons (Fsp3) is 0.167. The molecule has 4 rings (SSSR count). The Morgan fingerprint density at radius 2 is 2.19 bits per heavy atom. The molecule has 1 aromatic heterocycles. The number of aromatic nitrogens is 2. The number of anilines is 1. The van der Waals surface area contributed by atoms with Crippen LogP contribution in [0.3, 0.4) is 0 Å². The molecule has 7 nitrogen and oxygen atoms in total. The quantitative estimate of drug-likeness (QED) is 0.563. The van der Waals surface area contributed by atoms with Crippen LogP contribution in [0.1, 0.15) is 12.5 Å². The van der Waals surface area contributed by atoms with Crippen LogP contribution in [0.25, 0.3) is 10.9 Å². The van der Waals surface area contributed by atoms with Crippen molar-refractivity contribution in [2.45, 2.75) is 13.5 Å². The maximum absolute atomic E-state index is 12.6. The van der Waals surface area contributed by atoms with Crippen molar-refractivity contribution in [2.75, 3.05) is 12.2 Å². The monoisotopic (exact) mass is 370 g/mol. The molecule has 0 unspecified atom stereocenters. The summed E-state index contributed by atoms with van der Waals surface area (Å²) in [5.41, 5.74) is 4.08. The largest absolute Gasteiger partial charge is 0.454 e. The summed E-state index contributed by atoms with van der Waals surface area (Å²) in [5.74, 6) is 1.49. The van der Waals surface area contributed by atoms with Gasteiger partial charge in [-0.05, 0) is 36.8 Å². The van der Waals surface area contributed by atoms with Crippen molar-refractivity contribution >= 4 is 34.7 Å². The van der Waals surface area contributed by atoms with Crippen molar-refractivity contribution in [2.24, 2.45) is 5.10 Å². The van der Waals surface area contributed by atoms with Gasteiger partial charge in [-0.3, -0.25) is 9.36 Å². The smallest absolute Gasteiger partial charge is 0.262 e. The first-order valence-corrected chi connectivity index (χ1v) is 8.43. The van der Waals surface area contributed by atoms with E-state index in [9.17, 15) is 4.79 Å². The van der Waals surface area contributed by atoms with E-state index in [2.05, 4.69) is 15.5 Å². The Kier molecular flexibility index (Phi) is 4.22. The van der Waals surface area contributed by atoms with E-state index in [0.717, 1.165) is 5.56 Å². The number of halogens is 1. The van der Waals surface area contributed by atoms with Gasteiger partial charge in [-0.15, -0.1) is 0 Å². The van der Waals surface area contributed by atoms with E-state index >= 15 is 0 Å². The Balaban J connectivity index is 1.65. The number of hydrogen-bond acceptors (Lipinski definition) is 6. The van der Waals surface area contributed by atoms with Gasteiger partial charge in [0, 0.05) is 6.54 Å². The van der Waals surface area contributed by atoms with Crippen LogP contribution in [0.15, 0.2) is 46.3 Å². The maximum atomic E-state index is 12.6. The lowest BCUT2D eigenvalue weighted by atomic mass is 10.2. The molecule has 3 aromatic rings. The zero-order valence-corrected chi connectivity index (χ0v) is 14.7. The van der Waals surface area contributed by atoms with Gasteiger partial charge in [-0.25, -0.2) is 10.4 Å². The van der Waals surface area contributed by atoms with Crippen molar-refractivity contribution in [3.63, 3.8) is 0 Å². The Bertz CT molecular complexity index is 1080. The lowest BCUT2D eigenvalue weighted by Crippen LogP contribution is -2.23. The van der Waals surface area contributed by atoms with E-state index in [0.29, 0.717) is 39.9 Å². The predicted octanol–water partition coefficient (Wildman–Crippen LogP) is 3.24. The number of para-hydroxylation sites is 1. The molecule has 0 radical (unpaired) electrons. The van der Waals surface area contributed by atoms with Crippen molar-refractivity contribution in [3.8, 4) is 11.5 Å². The van der Waals surface area contributed by atoms with Gasteiger partial charge in [-0.2, -0.15) is 5.10 Å². The normalized spacial score (nSPS) is 12.8. The molecule has 8 heteroatoms. The van der Waals surface area contributed by atoms with Crippen LogP contribution in [0, 0.1) is 0 Å². The Morgan fingerprint density at radius 3 is 3.04 bits per heavy atom. The molecule has 1 aliphatic heterocycles. The minimum absolute atomic E-state index is 0.109. The average molecular weight is 371 g/mol. The van der Waals surface area contributed by atoms with E-state index in [-0.39, 0.29) is 12.4 Å². The minimum Gasteiger partial charge on any atom is -0.454 e. The van der Waals surface area contributed by atoms with E-state index in [1.165, 1.54) is 4.57 Å². The molecule has 0 fully saturated rings. The highest BCUT2D eigenvalue weighted by Crippen LogP contribution is 2.39. The fourth-order valence-corrected chi connectivity index (χ4v) is 3.05. The molecule has 132 valence electrons. The molecule has 26 heavy (non-hydrogen) atoms. The second-order valence-corrected chi connectivity index (χ2v) is 6.02. The number of nitrogens with one attached hydrogen (secondary N) is 1. The Labute approximate surface area is 153 Å². The zero-order chi connectivity index (χ0) is 18.1. The standard InChI is InChI=1S/C18H15ClN4O3/c1-2-23-17(24)12-5-3-4-6-14(12)21-18(23)22-20-9-11-7-13(19)16-15(8-11)25-10-26-16/h3-9H,2,10H2,1H3,(H,21,22)/b20-9-. The van der Waals surface area contributed by atoms with Gasteiger partial charge < -0.3 is 9.47 Å². The number of benzene rings is 2. The van der Waals surface area contributed by atoms with Crippen LogP contribution in [-0.4, -0.2) is 22.6 Å². The number of hydrazone groups is 1. The summed E-state index contributed by atoms with van der Waals surface area (Å²) in [6.07, 6.45) is 1.58. The number of nitrogens with zero attached hydrogens (tertiary/aromatic N) is 3. The van der Waals surface area contributed by atoms with E-state index in [4.69, 9.17) is 21.1 Å². The topological polar surface area (TPSA) is 77.7 Å². The zero-order valence-electron chi connectivity index (χ0n) is 13.9. The van der Waals surface area contributed by atoms with Crippen molar-refractivity contribution in [1.29, 1.82) is 0 Å². The molecule has 0 bridgehead atoms. The highest BCUT2D eigenvalue weighted by Gasteiger charge is 2.17. The van der Waals surface area contributed by atoms with Gasteiger partial charge in [0.2, 0.25) is 12.7 Å². The van der Waals surface area contributed by atoms with Gasteiger partial charge in [0.1, 0.15) is 0 Å². The van der Waals surface area contributed by atoms with Crippen molar-refractivity contribution in [1.82, 2.24) is 9.55 Å². The van der Waals surface area contributed by atoms with Crippen molar-refractivity contribution < 1.29 is 9.47 Å². The van der Waals surface area contributed by atoms with E-state index < -0.39 is 0 Å². The minimum atomic E-state index is -0.109. The molecular weight excluding hydrogens is 356 g/mol. The molecule has 0 amide bonds. The highest BCUT2D eigenvalue weighted by molar-refractivity contribution is 6.32. The van der Waals surface area contributed by atoms with Crippen LogP contribution in [0.5, 0.6) is 11.5 Å². The number of hydrogen-bond donors (Lipinski definition) is 1. The average Bonchev–Trinajstić information content (AvgIpc) is 3.11. The highest BCUT2D eigenvalue weighted by atomic mass is 35.5. The molecule has 0 aliphatic carbocycles. The first-order valence-electron chi connectivity index (χ1n) is 8.05. The summed E-state index contributed by atoms with van der Waals surface area (Å²) >= 11 is 6.16. The summed E-state index contributed by atoms with van der Waals surface area (Å²) < 4.78 is 12.2. The van der Waals surface area contributed by atoms with Gasteiger partial charge in [-0.1, -0.05) is 23.7 Å². The third kappa shape index (κ3) is 2.86. The molecule has 2 aromatic carbocycles. The molecule has 1 N–H and O–H groups in total. The van der Waals surface area contributed by atoms with Gasteiger partial charge >= 0.3 is 0 Å². The SMILES string of the molecule is CCn1c(N/N=C\c2cc(Cl)c3c(c2)OCO3)nc2ccccc2c1=O. The lowest BCUT2D eigenvalue weighted by molar-refractivity contribution is 0.174. The molecule has 1 aliphatic rings. The Morgan fingerprint density at radius 1 is 1.35 bits per heavy atom. The van der Waals surface area contributed by atoms with Crippen LogP contribution < -0.4 is 20.5 Å². The van der Waals surface area contributed by atoms with Crippen LogP contribution >= 0.6 is 11.6 Å². The third-order valence-corrected chi connectivity index (χ3v) is 4.29. The van der Waals surface area contributed by atoms with E-state index in [1.54, 1.807) is 30.5 Å². The summed E-state index contributed by atoms with van der Waals surface area (Å²) in [4.78, 5) is 17.1. The van der Waals surface area contributed by atoms with Gasteiger partial charge in [0.15, 0.2) is 11.5 Å². The predicted molar refractivity (Wildman–Crippen MR) is 100 cm³/mol. The summed E-state index contributed by atoms with van der Waals surface area (Å²) in [6.45, 7) is 2.51. The number of fused-ring (bicyclic) bond motifs is 2. The second-order valence-electron chi connectivity index (χ2n) is 5.61. The Hall–Kier alpha value is -3.06. The second kappa shape index (κ2) is 6.68. The van der Waals surface area contributed by atoms with Gasteiger partial charge in [0.05, 0.1) is 22.1 Å². The third-order valence-electron chi connectivity index (χ3n) is 4.01. The molecule has 2 heterocycles. The molecule has 0 atom stereocenters. The van der Waals surface area contributed by atoms with E-state index in [1.807, 2.05) is 19.1 Å². The maximum Gasteiger partial charge on any atom is 0.262 e. The molecule has 0 spiro atoms.